The summed E-state index contributed by atoms with van der Waals surface area (Å²) in [5.74, 6) is 0. The standard InChI is InChI=1S/C20H14S8Se2/c1-21-18-19(22-2)30-20(29-18)17-27-15-16(28-17)26-14(25-15)10-12-5-3-11(4-6-12)9-13-23-7-8-24-13/h3-10H,1-2H3. The Balaban J connectivity index is 1.22. The maximum absolute atomic E-state index is 2.34. The van der Waals surface area contributed by atoms with E-state index in [4.69, 9.17) is 0 Å². The van der Waals surface area contributed by atoms with E-state index in [2.05, 4.69) is 59.7 Å². The molecule has 0 saturated heterocycles. The van der Waals surface area contributed by atoms with Gasteiger partial charge in [0.15, 0.2) is 0 Å². The van der Waals surface area contributed by atoms with Gasteiger partial charge >= 0.3 is 188 Å². The van der Waals surface area contributed by atoms with Gasteiger partial charge in [-0.15, -0.1) is 0 Å². The Morgan fingerprint density at radius 3 is 1.67 bits per heavy atom. The summed E-state index contributed by atoms with van der Waals surface area (Å²) in [6.45, 7) is 0. The number of rotatable bonds is 4. The fourth-order valence-electron chi connectivity index (χ4n) is 2.60. The van der Waals surface area contributed by atoms with Gasteiger partial charge in [0.05, 0.1) is 0 Å². The second-order valence-corrected chi connectivity index (χ2v) is 21.6. The Morgan fingerprint density at radius 1 is 0.667 bits per heavy atom. The topological polar surface area (TPSA) is 0 Å². The van der Waals surface area contributed by atoms with Gasteiger partial charge in [-0.2, -0.15) is 0 Å². The molecule has 0 unspecified atom stereocenters. The third-order valence-corrected chi connectivity index (χ3v) is 23.1. The van der Waals surface area contributed by atoms with Crippen molar-refractivity contribution in [3.63, 3.8) is 0 Å². The van der Waals surface area contributed by atoms with E-state index in [0.29, 0.717) is 29.9 Å². The van der Waals surface area contributed by atoms with E-state index in [0.717, 1.165) is 0 Å². The first kappa shape index (κ1) is 23.3. The normalized spacial score (nSPS) is 20.9. The summed E-state index contributed by atoms with van der Waals surface area (Å²) in [6.07, 6.45) is 9.07. The average molecular weight is 669 g/mol. The molecule has 0 spiro atoms. The molecule has 0 amide bonds. The van der Waals surface area contributed by atoms with E-state index in [-0.39, 0.29) is 0 Å². The summed E-state index contributed by atoms with van der Waals surface area (Å²) in [4.78, 5) is 0. The molecule has 1 aromatic rings. The van der Waals surface area contributed by atoms with Crippen LogP contribution in [0.2, 0.25) is 0 Å². The van der Waals surface area contributed by atoms with Gasteiger partial charge in [0.1, 0.15) is 0 Å². The fourth-order valence-corrected chi connectivity index (χ4v) is 22.4. The van der Waals surface area contributed by atoms with Gasteiger partial charge in [-0.25, -0.2) is 0 Å². The molecule has 30 heavy (non-hydrogen) atoms. The molecule has 0 bridgehead atoms. The van der Waals surface area contributed by atoms with Gasteiger partial charge in [0.2, 0.25) is 0 Å². The molecule has 0 saturated carbocycles. The minimum absolute atomic E-state index is 0.559. The second-order valence-electron chi connectivity index (χ2n) is 5.85. The monoisotopic (exact) mass is 670 g/mol. The van der Waals surface area contributed by atoms with E-state index in [9.17, 15) is 0 Å². The number of hydrogen-bond acceptors (Lipinski definition) is 8. The van der Waals surface area contributed by atoms with Gasteiger partial charge in [0.25, 0.3) is 0 Å². The van der Waals surface area contributed by atoms with Crippen molar-refractivity contribution >= 4 is 136 Å². The minimum atomic E-state index is 0.559. The van der Waals surface area contributed by atoms with Crippen molar-refractivity contribution in [2.75, 3.05) is 12.5 Å². The van der Waals surface area contributed by atoms with Crippen LogP contribution in [0.1, 0.15) is 11.1 Å². The Labute approximate surface area is 224 Å². The Hall–Kier alpha value is 1.50. The summed E-state index contributed by atoms with van der Waals surface area (Å²) >= 11 is 16.6. The van der Waals surface area contributed by atoms with Crippen molar-refractivity contribution in [2.24, 2.45) is 0 Å². The van der Waals surface area contributed by atoms with Crippen LogP contribution >= 0.6 is 94.1 Å². The molecule has 0 N–H and O–H groups in total. The summed E-state index contributed by atoms with van der Waals surface area (Å²) < 4.78 is 12.4. The van der Waals surface area contributed by atoms with Crippen molar-refractivity contribution in [3.05, 3.63) is 78.4 Å². The van der Waals surface area contributed by atoms with Crippen molar-refractivity contribution in [3.8, 4) is 0 Å². The van der Waals surface area contributed by atoms with Gasteiger partial charge in [-0.1, -0.05) is 23.5 Å². The zero-order chi connectivity index (χ0) is 20.5. The van der Waals surface area contributed by atoms with Crippen LogP contribution < -0.4 is 0 Å². The number of hydrogen-bond donors (Lipinski definition) is 0. The van der Waals surface area contributed by atoms with Gasteiger partial charge in [-0.3, -0.25) is 0 Å². The predicted molar refractivity (Wildman–Crippen MR) is 157 cm³/mol. The van der Waals surface area contributed by atoms with E-state index < -0.39 is 0 Å². The zero-order valence-corrected chi connectivity index (χ0v) is 25.7. The SMILES string of the molecule is CSC1=C(SC)[Se]C(=C2SC3=C(SC(=Cc4ccc(C=C5SC=CS5)cc4)S3)S2)[Se]1. The first-order valence-electron chi connectivity index (χ1n) is 8.61. The molecule has 0 radical (unpaired) electrons. The third-order valence-electron chi connectivity index (χ3n) is 3.93. The molecule has 4 aliphatic heterocycles. The molecule has 154 valence electrons. The Bertz CT molecular complexity index is 1010. The van der Waals surface area contributed by atoms with Crippen molar-refractivity contribution in [1.29, 1.82) is 0 Å². The third kappa shape index (κ3) is 5.42. The van der Waals surface area contributed by atoms with E-state index in [1.165, 1.54) is 28.1 Å². The first-order chi connectivity index (χ1) is 14.7. The molecule has 5 rings (SSSR count). The molecule has 0 nitrogen and oxygen atoms in total. The maximum atomic E-state index is 2.34. The van der Waals surface area contributed by atoms with Crippen molar-refractivity contribution in [2.45, 2.75) is 0 Å². The van der Waals surface area contributed by atoms with Crippen LogP contribution in [0.3, 0.4) is 0 Å². The number of benzene rings is 1. The van der Waals surface area contributed by atoms with Gasteiger partial charge < -0.3 is 0 Å². The van der Waals surface area contributed by atoms with Crippen molar-refractivity contribution < 1.29 is 0 Å². The predicted octanol–water partition coefficient (Wildman–Crippen LogP) is 8.72. The van der Waals surface area contributed by atoms with Crippen molar-refractivity contribution in [1.82, 2.24) is 0 Å². The quantitative estimate of drug-likeness (QED) is 0.289. The summed E-state index contributed by atoms with van der Waals surface area (Å²) in [6, 6.07) is 8.91. The molecule has 4 heterocycles. The van der Waals surface area contributed by atoms with Gasteiger partial charge in [-0.05, 0) is 10.8 Å². The molecule has 0 aliphatic carbocycles. The molecule has 4 aliphatic rings. The van der Waals surface area contributed by atoms with Crippen LogP contribution in [0.5, 0.6) is 0 Å². The second kappa shape index (κ2) is 10.8. The van der Waals surface area contributed by atoms with E-state index >= 15 is 0 Å². The van der Waals surface area contributed by atoms with Crippen LogP contribution in [0.4, 0.5) is 0 Å². The van der Waals surface area contributed by atoms with Crippen LogP contribution in [-0.4, -0.2) is 42.4 Å². The summed E-state index contributed by atoms with van der Waals surface area (Å²) in [7, 11) is 0. The van der Waals surface area contributed by atoms with E-state index in [1.54, 1.807) is 38.7 Å². The Kier molecular flexibility index (Phi) is 8.39. The number of thioether (sulfide) groups is 8. The van der Waals surface area contributed by atoms with Crippen LogP contribution in [0.15, 0.2) is 67.2 Å². The van der Waals surface area contributed by atoms with E-state index in [1.807, 2.05) is 70.6 Å². The molecule has 10 heteroatoms. The Morgan fingerprint density at radius 2 is 1.17 bits per heavy atom. The van der Waals surface area contributed by atoms with Crippen LogP contribution in [-0.2, 0) is 0 Å². The average Bonchev–Trinajstić information content (AvgIpc) is 3.52. The van der Waals surface area contributed by atoms with Crippen LogP contribution in [0.25, 0.3) is 12.2 Å². The van der Waals surface area contributed by atoms with Gasteiger partial charge in [0, 0.05) is 4.24 Å². The van der Waals surface area contributed by atoms with Crippen LogP contribution in [0, 0.1) is 0 Å². The molecular weight excluding hydrogens is 655 g/mol. The summed E-state index contributed by atoms with van der Waals surface area (Å²) in [5.41, 5.74) is 2.56. The molecular formula is C20H14S8Se2. The molecule has 0 aromatic heterocycles. The zero-order valence-electron chi connectivity index (χ0n) is 15.7. The fraction of sp³-hybridized carbons (Fsp3) is 0.100. The molecule has 1 aromatic carbocycles. The first-order valence-corrected chi connectivity index (χ1v) is 19.5. The molecule has 0 fully saturated rings. The molecule has 0 atom stereocenters. The summed E-state index contributed by atoms with van der Waals surface area (Å²) in [5, 5.41) is 4.28.